The fourth-order valence-electron chi connectivity index (χ4n) is 1.89. The van der Waals surface area contributed by atoms with Crippen molar-refractivity contribution in [3.63, 3.8) is 0 Å². The first-order valence-corrected chi connectivity index (χ1v) is 7.73. The van der Waals surface area contributed by atoms with Gasteiger partial charge in [0.2, 0.25) is 0 Å². The van der Waals surface area contributed by atoms with Crippen molar-refractivity contribution in [3.05, 3.63) is 81.9 Å². The molecule has 0 unspecified atom stereocenters. The molecule has 0 spiro atoms. The van der Waals surface area contributed by atoms with Crippen molar-refractivity contribution in [2.24, 2.45) is 0 Å². The Hall–Kier alpha value is -3.54. The molecular weight excluding hydrogens is 332 g/mol. The summed E-state index contributed by atoms with van der Waals surface area (Å²) < 4.78 is 0. The van der Waals surface area contributed by atoms with E-state index in [1.807, 2.05) is 43.3 Å². The molecule has 0 radical (unpaired) electrons. The first kappa shape index (κ1) is 20.5. The van der Waals surface area contributed by atoms with Crippen molar-refractivity contribution >= 4 is 36.1 Å². The number of benzene rings is 2. The van der Waals surface area contributed by atoms with Gasteiger partial charge < -0.3 is 4.90 Å². The Balaban J connectivity index is 0.000000260. The van der Waals surface area contributed by atoms with Crippen LogP contribution in [0.5, 0.6) is 0 Å². The zero-order chi connectivity index (χ0) is 19.4. The summed E-state index contributed by atoms with van der Waals surface area (Å²) >= 11 is 0. The van der Waals surface area contributed by atoms with E-state index < -0.39 is 4.92 Å². The summed E-state index contributed by atoms with van der Waals surface area (Å²) in [5, 5.41) is 10.3. The fraction of sp³-hybridized carbons (Fsp3) is 0.100. The number of aldehydes is 2. The number of nitro benzene ring substituents is 1. The van der Waals surface area contributed by atoms with Crippen LogP contribution in [0.2, 0.25) is 0 Å². The monoisotopic (exact) mass is 352 g/mol. The van der Waals surface area contributed by atoms with Crippen molar-refractivity contribution in [3.8, 4) is 0 Å². The van der Waals surface area contributed by atoms with Gasteiger partial charge in [0.25, 0.3) is 5.69 Å². The van der Waals surface area contributed by atoms with Crippen LogP contribution < -0.4 is 4.90 Å². The van der Waals surface area contributed by atoms with Gasteiger partial charge in [-0.2, -0.15) is 0 Å². The summed E-state index contributed by atoms with van der Waals surface area (Å²) in [7, 11) is 3.99. The molecule has 0 amide bonds. The van der Waals surface area contributed by atoms with E-state index in [-0.39, 0.29) is 5.69 Å². The fourth-order valence-corrected chi connectivity index (χ4v) is 1.89. The van der Waals surface area contributed by atoms with Crippen molar-refractivity contribution in [1.82, 2.24) is 0 Å². The van der Waals surface area contributed by atoms with E-state index in [2.05, 4.69) is 0 Å². The normalized spacial score (nSPS) is 10.2. The zero-order valence-electron chi connectivity index (χ0n) is 14.6. The molecule has 6 nitrogen and oxygen atoms in total. The highest BCUT2D eigenvalue weighted by Gasteiger charge is 2.01. The third-order valence-corrected chi connectivity index (χ3v) is 3.25. The summed E-state index contributed by atoms with van der Waals surface area (Å²) in [6.45, 7) is 0. The van der Waals surface area contributed by atoms with Crippen molar-refractivity contribution in [2.45, 2.75) is 0 Å². The van der Waals surface area contributed by atoms with Gasteiger partial charge in [0, 0.05) is 31.9 Å². The number of nitro groups is 1. The number of nitrogens with zero attached hydrogens (tertiary/aromatic N) is 2. The lowest BCUT2D eigenvalue weighted by atomic mass is 10.2. The van der Waals surface area contributed by atoms with Crippen LogP contribution >= 0.6 is 0 Å². The zero-order valence-corrected chi connectivity index (χ0v) is 14.6. The first-order chi connectivity index (χ1) is 12.5. The molecule has 0 aromatic heterocycles. The second-order valence-electron chi connectivity index (χ2n) is 5.33. The molecule has 0 heterocycles. The van der Waals surface area contributed by atoms with Crippen molar-refractivity contribution in [2.75, 3.05) is 19.0 Å². The quantitative estimate of drug-likeness (QED) is 0.342. The lowest BCUT2D eigenvalue weighted by molar-refractivity contribution is -0.384. The van der Waals surface area contributed by atoms with Crippen LogP contribution in [0.3, 0.4) is 0 Å². The van der Waals surface area contributed by atoms with Gasteiger partial charge in [0.05, 0.1) is 4.92 Å². The van der Waals surface area contributed by atoms with Crippen molar-refractivity contribution in [1.29, 1.82) is 0 Å². The minimum Gasteiger partial charge on any atom is -0.378 e. The molecule has 2 aromatic rings. The minimum atomic E-state index is -0.465. The Morgan fingerprint density at radius 3 is 1.58 bits per heavy atom. The number of hydrogen-bond donors (Lipinski definition) is 0. The molecule has 0 bridgehead atoms. The Kier molecular flexibility index (Phi) is 8.75. The molecule has 2 aromatic carbocycles. The number of hydrogen-bond acceptors (Lipinski definition) is 5. The predicted molar refractivity (Wildman–Crippen MR) is 104 cm³/mol. The summed E-state index contributed by atoms with van der Waals surface area (Å²) in [5.74, 6) is 0. The second-order valence-corrected chi connectivity index (χ2v) is 5.33. The molecule has 26 heavy (non-hydrogen) atoms. The molecule has 0 aliphatic heterocycles. The topological polar surface area (TPSA) is 80.5 Å². The highest BCUT2D eigenvalue weighted by Crippen LogP contribution is 2.13. The maximum atomic E-state index is 10.3. The molecule has 0 aliphatic carbocycles. The SMILES string of the molecule is CN(C)c1ccc(C=CC=O)cc1.O=CC=Cc1ccc([N+](=O)[O-])cc1. The smallest absolute Gasteiger partial charge is 0.269 e. The van der Waals surface area contributed by atoms with Gasteiger partial charge in [-0.25, -0.2) is 0 Å². The van der Waals surface area contributed by atoms with E-state index >= 15 is 0 Å². The molecule has 0 N–H and O–H groups in total. The number of rotatable bonds is 6. The highest BCUT2D eigenvalue weighted by atomic mass is 16.6. The van der Waals surface area contributed by atoms with Gasteiger partial charge in [-0.15, -0.1) is 0 Å². The Bertz CT molecular complexity index is 776. The molecule has 0 saturated carbocycles. The molecule has 2 rings (SSSR count). The van der Waals surface area contributed by atoms with Gasteiger partial charge in [0.1, 0.15) is 12.6 Å². The number of carbonyl (C=O) groups is 2. The van der Waals surface area contributed by atoms with Gasteiger partial charge in [-0.1, -0.05) is 24.3 Å². The Morgan fingerprint density at radius 1 is 0.808 bits per heavy atom. The number of allylic oxidation sites excluding steroid dienone is 2. The van der Waals surface area contributed by atoms with Crippen LogP contribution in [-0.2, 0) is 9.59 Å². The van der Waals surface area contributed by atoms with Crippen LogP contribution in [0, 0.1) is 10.1 Å². The van der Waals surface area contributed by atoms with Crippen LogP contribution in [-0.4, -0.2) is 31.6 Å². The molecule has 6 heteroatoms. The number of anilines is 1. The van der Waals surface area contributed by atoms with E-state index in [0.29, 0.717) is 6.29 Å². The summed E-state index contributed by atoms with van der Waals surface area (Å²) in [5.41, 5.74) is 3.00. The highest BCUT2D eigenvalue weighted by molar-refractivity contribution is 5.74. The van der Waals surface area contributed by atoms with Crippen LogP contribution in [0.1, 0.15) is 11.1 Å². The average molecular weight is 352 g/mol. The van der Waals surface area contributed by atoms with Gasteiger partial charge in [-0.05, 0) is 47.5 Å². The third kappa shape index (κ3) is 7.35. The van der Waals surface area contributed by atoms with Crippen LogP contribution in [0.15, 0.2) is 60.7 Å². The molecule has 0 fully saturated rings. The van der Waals surface area contributed by atoms with Crippen LogP contribution in [0.25, 0.3) is 12.2 Å². The Morgan fingerprint density at radius 2 is 1.23 bits per heavy atom. The molecular formula is C20H20N2O4. The lowest BCUT2D eigenvalue weighted by Crippen LogP contribution is -2.07. The number of non-ortho nitro benzene ring substituents is 1. The van der Waals surface area contributed by atoms with Crippen LogP contribution in [0.4, 0.5) is 11.4 Å². The maximum absolute atomic E-state index is 10.3. The maximum Gasteiger partial charge on any atom is 0.269 e. The average Bonchev–Trinajstić information content (AvgIpc) is 2.66. The summed E-state index contributed by atoms with van der Waals surface area (Å²) in [4.78, 5) is 31.8. The third-order valence-electron chi connectivity index (χ3n) is 3.25. The predicted octanol–water partition coefficient (Wildman–Crippen LogP) is 3.77. The van der Waals surface area contributed by atoms with Gasteiger partial charge in [0.15, 0.2) is 0 Å². The largest absolute Gasteiger partial charge is 0.378 e. The van der Waals surface area contributed by atoms with E-state index in [4.69, 9.17) is 0 Å². The van der Waals surface area contributed by atoms with Gasteiger partial charge >= 0.3 is 0 Å². The molecule has 134 valence electrons. The van der Waals surface area contributed by atoms with E-state index in [1.54, 1.807) is 24.3 Å². The van der Waals surface area contributed by atoms with E-state index in [9.17, 15) is 19.7 Å². The molecule has 0 saturated heterocycles. The minimum absolute atomic E-state index is 0.0447. The summed E-state index contributed by atoms with van der Waals surface area (Å²) in [6, 6.07) is 13.9. The van der Waals surface area contributed by atoms with E-state index in [1.165, 1.54) is 24.3 Å². The van der Waals surface area contributed by atoms with E-state index in [0.717, 1.165) is 23.1 Å². The van der Waals surface area contributed by atoms with Crippen molar-refractivity contribution < 1.29 is 14.5 Å². The Labute approximate surface area is 152 Å². The van der Waals surface area contributed by atoms with Gasteiger partial charge in [-0.3, -0.25) is 19.7 Å². The molecule has 0 atom stereocenters. The second kappa shape index (κ2) is 11.1. The lowest BCUT2D eigenvalue weighted by Gasteiger charge is -2.11. The first-order valence-electron chi connectivity index (χ1n) is 7.73. The standard InChI is InChI=1S/C11H13NO.C9H7NO3/c1-12(2)11-7-5-10(6-8-11)4-3-9-13;11-7-1-2-8-3-5-9(6-4-8)10(12)13/h3-9H,1-2H3;1-7H. The number of carbonyl (C=O) groups excluding carboxylic acids is 2. The molecule has 0 aliphatic rings. The summed E-state index contributed by atoms with van der Waals surface area (Å²) in [6.07, 6.45) is 7.62.